The molecule has 0 heterocycles. The highest BCUT2D eigenvalue weighted by Gasteiger charge is 2.28. The molecule has 8 heteroatoms. The van der Waals surface area contributed by atoms with E-state index in [9.17, 15) is 5.11 Å². The fourth-order valence-corrected chi connectivity index (χ4v) is 3.14. The highest BCUT2D eigenvalue weighted by atomic mass is 127. The summed E-state index contributed by atoms with van der Waals surface area (Å²) in [6, 6.07) is 8.28. The third-order valence-corrected chi connectivity index (χ3v) is 4.72. The Morgan fingerprint density at radius 1 is 1.27 bits per heavy atom. The number of aliphatic imine (C=N–C) groups is 1. The summed E-state index contributed by atoms with van der Waals surface area (Å²) in [4.78, 5) is 7.03. The first-order valence-electron chi connectivity index (χ1n) is 10.7. The summed E-state index contributed by atoms with van der Waals surface area (Å²) >= 11 is 0. The van der Waals surface area contributed by atoms with Crippen LogP contribution in [0.15, 0.2) is 29.3 Å². The van der Waals surface area contributed by atoms with Crippen LogP contribution < -0.4 is 15.4 Å². The molecule has 172 valence electrons. The molecule has 1 saturated carbocycles. The van der Waals surface area contributed by atoms with Crippen molar-refractivity contribution < 1.29 is 14.6 Å². The molecule has 1 aromatic rings. The van der Waals surface area contributed by atoms with E-state index in [-0.39, 0.29) is 36.6 Å². The van der Waals surface area contributed by atoms with Gasteiger partial charge in [0.25, 0.3) is 0 Å². The van der Waals surface area contributed by atoms with Crippen LogP contribution in [0.2, 0.25) is 0 Å². The van der Waals surface area contributed by atoms with Crippen LogP contribution >= 0.6 is 24.0 Å². The lowest BCUT2D eigenvalue weighted by Crippen LogP contribution is -2.43. The van der Waals surface area contributed by atoms with Gasteiger partial charge in [0.2, 0.25) is 0 Å². The second-order valence-corrected chi connectivity index (χ2v) is 7.66. The Morgan fingerprint density at radius 2 is 2.03 bits per heavy atom. The van der Waals surface area contributed by atoms with Crippen molar-refractivity contribution in [2.45, 2.75) is 51.9 Å². The van der Waals surface area contributed by atoms with Crippen LogP contribution in [0, 0.1) is 0 Å². The number of guanidine groups is 1. The highest BCUT2D eigenvalue weighted by molar-refractivity contribution is 14.0. The van der Waals surface area contributed by atoms with Gasteiger partial charge in [-0.15, -0.1) is 24.0 Å². The number of ether oxygens (including phenoxy) is 2. The number of halogens is 1. The Bertz CT molecular complexity index is 626. The third-order valence-electron chi connectivity index (χ3n) is 4.72. The van der Waals surface area contributed by atoms with Gasteiger partial charge in [-0.05, 0) is 51.3 Å². The number of benzene rings is 1. The molecule has 1 fully saturated rings. The molecule has 0 aliphatic heterocycles. The van der Waals surface area contributed by atoms with Crippen LogP contribution in [-0.2, 0) is 4.74 Å². The Hall–Kier alpha value is -1.10. The molecule has 0 saturated heterocycles. The van der Waals surface area contributed by atoms with E-state index in [2.05, 4.69) is 20.5 Å². The normalized spacial score (nSPS) is 15.1. The van der Waals surface area contributed by atoms with Crippen molar-refractivity contribution >= 4 is 29.9 Å². The number of aliphatic hydroxyl groups is 1. The summed E-state index contributed by atoms with van der Waals surface area (Å²) in [7, 11) is 1.75. The number of hydrogen-bond acceptors (Lipinski definition) is 5. The lowest BCUT2D eigenvalue weighted by Gasteiger charge is -2.22. The van der Waals surface area contributed by atoms with Crippen molar-refractivity contribution in [1.29, 1.82) is 0 Å². The average Bonchev–Trinajstić information content (AvgIpc) is 3.53. The van der Waals surface area contributed by atoms with Crippen molar-refractivity contribution in [3.63, 3.8) is 0 Å². The van der Waals surface area contributed by atoms with Crippen LogP contribution in [0.25, 0.3) is 0 Å². The fourth-order valence-electron chi connectivity index (χ4n) is 3.14. The maximum atomic E-state index is 10.5. The molecule has 3 N–H and O–H groups in total. The van der Waals surface area contributed by atoms with Crippen molar-refractivity contribution in [1.82, 2.24) is 15.5 Å². The minimum atomic E-state index is -0.675. The topological polar surface area (TPSA) is 78.4 Å². The summed E-state index contributed by atoms with van der Waals surface area (Å²) in [6.07, 6.45) is 1.99. The van der Waals surface area contributed by atoms with Crippen molar-refractivity contribution in [2.24, 2.45) is 4.99 Å². The summed E-state index contributed by atoms with van der Waals surface area (Å²) in [6.45, 7) is 10.6. The zero-order valence-electron chi connectivity index (χ0n) is 18.8. The standard InChI is InChI=1S/C22H38N4O3.HI/c1-5-23-22(24-11-12-26(13-14-28-4)19-9-10-19)25-16-21(27)18-7-6-8-20(15-18)29-17(2)3;/h6-8,15,17,19,21,27H,5,9-14,16H2,1-4H3,(H2,23,24,25);1H. The minimum Gasteiger partial charge on any atom is -0.491 e. The predicted molar refractivity (Wildman–Crippen MR) is 133 cm³/mol. The van der Waals surface area contributed by atoms with E-state index in [0.29, 0.717) is 6.04 Å². The SMILES string of the molecule is CCNC(=NCC(O)c1cccc(OC(C)C)c1)NCCN(CCOC)C1CC1.I. The first kappa shape index (κ1) is 26.9. The second kappa shape index (κ2) is 14.8. The van der Waals surface area contributed by atoms with Gasteiger partial charge in [-0.3, -0.25) is 9.89 Å². The lowest BCUT2D eigenvalue weighted by atomic mass is 10.1. The quantitative estimate of drug-likeness (QED) is 0.205. The Labute approximate surface area is 198 Å². The summed E-state index contributed by atoms with van der Waals surface area (Å²) in [5, 5.41) is 17.2. The molecule has 1 aromatic carbocycles. The van der Waals surface area contributed by atoms with Gasteiger partial charge >= 0.3 is 0 Å². The van der Waals surface area contributed by atoms with Crippen LogP contribution in [0.5, 0.6) is 5.75 Å². The first-order valence-corrected chi connectivity index (χ1v) is 10.7. The maximum absolute atomic E-state index is 10.5. The molecule has 0 aromatic heterocycles. The zero-order chi connectivity index (χ0) is 21.1. The molecule has 30 heavy (non-hydrogen) atoms. The molecule has 0 spiro atoms. The predicted octanol–water partition coefficient (Wildman–Crippen LogP) is 2.79. The van der Waals surface area contributed by atoms with E-state index in [1.54, 1.807) is 7.11 Å². The molecule has 0 bridgehead atoms. The molecule has 1 atom stereocenters. The summed E-state index contributed by atoms with van der Waals surface area (Å²) < 4.78 is 10.9. The van der Waals surface area contributed by atoms with E-state index >= 15 is 0 Å². The molecule has 2 rings (SSSR count). The number of hydrogen-bond donors (Lipinski definition) is 3. The number of nitrogens with zero attached hydrogens (tertiary/aromatic N) is 2. The molecule has 1 aliphatic carbocycles. The zero-order valence-corrected chi connectivity index (χ0v) is 21.1. The van der Waals surface area contributed by atoms with Gasteiger partial charge < -0.3 is 25.2 Å². The van der Waals surface area contributed by atoms with Crippen LogP contribution in [0.4, 0.5) is 0 Å². The Kier molecular flexibility index (Phi) is 13.3. The average molecular weight is 534 g/mol. The van der Waals surface area contributed by atoms with Crippen LogP contribution in [-0.4, -0.2) is 74.6 Å². The van der Waals surface area contributed by atoms with Crippen LogP contribution in [0.1, 0.15) is 45.3 Å². The third kappa shape index (κ3) is 10.3. The van der Waals surface area contributed by atoms with E-state index in [4.69, 9.17) is 9.47 Å². The molecule has 7 nitrogen and oxygen atoms in total. The van der Waals surface area contributed by atoms with Gasteiger partial charge in [-0.25, -0.2) is 0 Å². The maximum Gasteiger partial charge on any atom is 0.191 e. The summed E-state index contributed by atoms with van der Waals surface area (Å²) in [5.74, 6) is 1.49. The fraction of sp³-hybridized carbons (Fsp3) is 0.682. The summed E-state index contributed by atoms with van der Waals surface area (Å²) in [5.41, 5.74) is 0.808. The van der Waals surface area contributed by atoms with Gasteiger partial charge in [0.15, 0.2) is 5.96 Å². The second-order valence-electron chi connectivity index (χ2n) is 7.66. The van der Waals surface area contributed by atoms with Crippen molar-refractivity contribution in [2.75, 3.05) is 46.4 Å². The van der Waals surface area contributed by atoms with Gasteiger partial charge in [-0.2, -0.15) is 0 Å². The van der Waals surface area contributed by atoms with Gasteiger partial charge in [0.05, 0.1) is 25.4 Å². The Balaban J connectivity index is 0.00000450. The van der Waals surface area contributed by atoms with E-state index in [1.807, 2.05) is 45.0 Å². The van der Waals surface area contributed by atoms with Crippen molar-refractivity contribution in [3.8, 4) is 5.75 Å². The molecular formula is C22H39IN4O3. The van der Waals surface area contributed by atoms with Gasteiger partial charge in [0.1, 0.15) is 5.75 Å². The molecule has 0 radical (unpaired) electrons. The van der Waals surface area contributed by atoms with E-state index in [1.165, 1.54) is 12.8 Å². The molecule has 1 aliphatic rings. The number of nitrogens with one attached hydrogen (secondary N) is 2. The molecule has 0 amide bonds. The smallest absolute Gasteiger partial charge is 0.191 e. The number of aliphatic hydroxyl groups excluding tert-OH is 1. The first-order chi connectivity index (χ1) is 14.0. The largest absolute Gasteiger partial charge is 0.491 e. The number of rotatable bonds is 13. The van der Waals surface area contributed by atoms with Gasteiger partial charge in [0, 0.05) is 39.3 Å². The highest BCUT2D eigenvalue weighted by Crippen LogP contribution is 2.26. The molecular weight excluding hydrogens is 495 g/mol. The monoisotopic (exact) mass is 534 g/mol. The van der Waals surface area contributed by atoms with E-state index < -0.39 is 6.10 Å². The number of methoxy groups -OCH3 is 1. The molecule has 1 unspecified atom stereocenters. The Morgan fingerprint density at radius 3 is 2.67 bits per heavy atom. The van der Waals surface area contributed by atoms with E-state index in [0.717, 1.165) is 50.1 Å². The minimum absolute atomic E-state index is 0. The van der Waals surface area contributed by atoms with Gasteiger partial charge in [-0.1, -0.05) is 12.1 Å². The van der Waals surface area contributed by atoms with Crippen LogP contribution in [0.3, 0.4) is 0 Å². The van der Waals surface area contributed by atoms with Crippen molar-refractivity contribution in [3.05, 3.63) is 29.8 Å². The lowest BCUT2D eigenvalue weighted by molar-refractivity contribution is 0.144.